The van der Waals surface area contributed by atoms with Crippen LogP contribution in [-0.2, 0) is 14.3 Å². The van der Waals surface area contributed by atoms with E-state index in [-0.39, 0.29) is 29.1 Å². The van der Waals surface area contributed by atoms with Crippen LogP contribution in [0.5, 0.6) is 0 Å². The molecule has 1 atom stereocenters. The molecule has 2 heterocycles. The minimum atomic E-state index is -0.807. The Morgan fingerprint density at radius 3 is 2.27 bits per heavy atom. The molecule has 40 heavy (non-hydrogen) atoms. The van der Waals surface area contributed by atoms with E-state index in [0.717, 1.165) is 0 Å². The molecule has 9 nitrogen and oxygen atoms in total. The van der Waals surface area contributed by atoms with Gasteiger partial charge in [0.2, 0.25) is 0 Å². The van der Waals surface area contributed by atoms with Gasteiger partial charge in [-0.05, 0) is 48.9 Å². The van der Waals surface area contributed by atoms with Gasteiger partial charge in [-0.2, -0.15) is 5.10 Å². The summed E-state index contributed by atoms with van der Waals surface area (Å²) in [5, 5.41) is 9.87. The summed E-state index contributed by atoms with van der Waals surface area (Å²) in [7, 11) is 0. The zero-order chi connectivity index (χ0) is 28.1. The molecule has 0 bridgehead atoms. The molecule has 2 amide bonds. The zero-order valence-electron chi connectivity index (χ0n) is 21.5. The van der Waals surface area contributed by atoms with Crippen LogP contribution in [0.2, 0.25) is 0 Å². The van der Waals surface area contributed by atoms with Crippen LogP contribution in [0.3, 0.4) is 0 Å². The molecule has 1 aliphatic rings. The van der Waals surface area contributed by atoms with Gasteiger partial charge in [-0.25, -0.2) is 23.5 Å². The van der Waals surface area contributed by atoms with E-state index in [0.29, 0.717) is 16.8 Å². The standard InChI is InChI=1S/C30H25FN4O5/c1-2-39-29(37)25-24(32-30(38)33-27(25)19-9-5-3-6-10-19)18-40-28(36)23-17-35(22-11-7-4-8-12-22)34-26(23)20-13-15-21(31)16-14-20/h3-17,27H,2,18H2,1H3,(H2,32,33,38)/t27-/m1/s1. The van der Waals surface area contributed by atoms with Crippen LogP contribution in [0.25, 0.3) is 16.9 Å². The molecular weight excluding hydrogens is 515 g/mol. The molecule has 3 aromatic carbocycles. The second-order valence-corrected chi connectivity index (χ2v) is 8.81. The summed E-state index contributed by atoms with van der Waals surface area (Å²) in [6.45, 7) is 1.37. The molecular formula is C30H25FN4O5. The van der Waals surface area contributed by atoms with Crippen molar-refractivity contribution in [1.82, 2.24) is 20.4 Å². The number of carbonyl (C=O) groups excluding carboxylic acids is 3. The van der Waals surface area contributed by atoms with Gasteiger partial charge in [0.25, 0.3) is 0 Å². The molecule has 2 N–H and O–H groups in total. The first-order chi connectivity index (χ1) is 19.4. The number of benzene rings is 3. The molecule has 10 heteroatoms. The van der Waals surface area contributed by atoms with E-state index in [1.807, 2.05) is 36.4 Å². The summed E-state index contributed by atoms with van der Waals surface area (Å²) in [6.07, 6.45) is 1.52. The van der Waals surface area contributed by atoms with E-state index < -0.39 is 36.4 Å². The molecule has 5 rings (SSSR count). The minimum absolute atomic E-state index is 0.100. The number of hydrogen-bond donors (Lipinski definition) is 2. The highest BCUT2D eigenvalue weighted by Gasteiger charge is 2.34. The number of nitrogens with one attached hydrogen (secondary N) is 2. The highest BCUT2D eigenvalue weighted by atomic mass is 19.1. The van der Waals surface area contributed by atoms with Gasteiger partial charge in [-0.1, -0.05) is 48.5 Å². The number of urea groups is 1. The number of rotatable bonds is 8. The molecule has 0 fully saturated rings. The number of esters is 2. The van der Waals surface area contributed by atoms with Crippen LogP contribution >= 0.6 is 0 Å². The van der Waals surface area contributed by atoms with Crippen molar-refractivity contribution in [2.75, 3.05) is 13.2 Å². The summed E-state index contributed by atoms with van der Waals surface area (Å²) < 4.78 is 26.0. The lowest BCUT2D eigenvalue weighted by molar-refractivity contribution is -0.139. The highest BCUT2D eigenvalue weighted by molar-refractivity contribution is 5.97. The average Bonchev–Trinajstić information content (AvgIpc) is 3.43. The topological polar surface area (TPSA) is 112 Å². The first-order valence-corrected chi connectivity index (χ1v) is 12.6. The number of hydrogen-bond acceptors (Lipinski definition) is 6. The minimum Gasteiger partial charge on any atom is -0.463 e. The van der Waals surface area contributed by atoms with Crippen molar-refractivity contribution in [2.45, 2.75) is 13.0 Å². The summed E-state index contributed by atoms with van der Waals surface area (Å²) in [5.74, 6) is -1.83. The Kier molecular flexibility index (Phi) is 7.68. The van der Waals surface area contributed by atoms with Gasteiger partial charge in [0.05, 0.1) is 29.6 Å². The van der Waals surface area contributed by atoms with Gasteiger partial charge in [-0.3, -0.25) is 0 Å². The predicted octanol–water partition coefficient (Wildman–Crippen LogP) is 4.71. The first-order valence-electron chi connectivity index (χ1n) is 12.6. The number of carbonyl (C=O) groups is 3. The zero-order valence-corrected chi connectivity index (χ0v) is 21.5. The Labute approximate surface area is 229 Å². The van der Waals surface area contributed by atoms with E-state index in [9.17, 15) is 18.8 Å². The third kappa shape index (κ3) is 5.60. The van der Waals surface area contributed by atoms with Crippen molar-refractivity contribution in [3.8, 4) is 16.9 Å². The van der Waals surface area contributed by atoms with Crippen LogP contribution < -0.4 is 10.6 Å². The lowest BCUT2D eigenvalue weighted by Crippen LogP contribution is -2.47. The van der Waals surface area contributed by atoms with E-state index in [1.165, 1.54) is 35.1 Å². The molecule has 0 spiro atoms. The largest absolute Gasteiger partial charge is 0.463 e. The monoisotopic (exact) mass is 540 g/mol. The first kappa shape index (κ1) is 26.4. The van der Waals surface area contributed by atoms with E-state index in [4.69, 9.17) is 9.47 Å². The van der Waals surface area contributed by atoms with Crippen LogP contribution in [0.4, 0.5) is 9.18 Å². The van der Waals surface area contributed by atoms with Crippen LogP contribution in [0.15, 0.2) is 102 Å². The van der Waals surface area contributed by atoms with Crippen molar-refractivity contribution in [1.29, 1.82) is 0 Å². The lowest BCUT2D eigenvalue weighted by Gasteiger charge is -2.29. The van der Waals surface area contributed by atoms with Crippen LogP contribution in [-0.4, -0.2) is 41.0 Å². The maximum Gasteiger partial charge on any atom is 0.342 e. The van der Waals surface area contributed by atoms with Crippen LogP contribution in [0, 0.1) is 5.82 Å². The summed E-state index contributed by atoms with van der Waals surface area (Å²) in [5.41, 5.74) is 2.50. The average molecular weight is 541 g/mol. The quantitative estimate of drug-likeness (QED) is 0.313. The number of ether oxygens (including phenoxy) is 2. The predicted molar refractivity (Wildman–Crippen MR) is 144 cm³/mol. The number of para-hydroxylation sites is 1. The van der Waals surface area contributed by atoms with Crippen molar-refractivity contribution < 1.29 is 28.2 Å². The van der Waals surface area contributed by atoms with Crippen LogP contribution in [0.1, 0.15) is 28.9 Å². The Morgan fingerprint density at radius 2 is 1.60 bits per heavy atom. The van der Waals surface area contributed by atoms with Gasteiger partial charge in [0.15, 0.2) is 0 Å². The maximum absolute atomic E-state index is 13.6. The maximum atomic E-state index is 13.6. The molecule has 202 valence electrons. The number of nitrogens with zero attached hydrogens (tertiary/aromatic N) is 2. The van der Waals surface area contributed by atoms with Gasteiger partial charge in [0.1, 0.15) is 23.7 Å². The molecule has 1 aromatic heterocycles. The van der Waals surface area contributed by atoms with E-state index in [2.05, 4.69) is 15.7 Å². The van der Waals surface area contributed by atoms with E-state index >= 15 is 0 Å². The molecule has 0 saturated carbocycles. The fourth-order valence-electron chi connectivity index (χ4n) is 4.35. The summed E-state index contributed by atoms with van der Waals surface area (Å²) in [4.78, 5) is 38.9. The number of aromatic nitrogens is 2. The highest BCUT2D eigenvalue weighted by Crippen LogP contribution is 2.29. The van der Waals surface area contributed by atoms with Crippen molar-refractivity contribution >= 4 is 18.0 Å². The fourth-order valence-corrected chi connectivity index (χ4v) is 4.35. The summed E-state index contributed by atoms with van der Waals surface area (Å²) in [6, 6.07) is 22.3. The van der Waals surface area contributed by atoms with Gasteiger partial charge < -0.3 is 20.1 Å². The molecule has 4 aromatic rings. The third-order valence-electron chi connectivity index (χ3n) is 6.20. The number of halogens is 1. The molecule has 1 aliphatic heterocycles. The van der Waals surface area contributed by atoms with Crippen molar-refractivity contribution in [2.24, 2.45) is 0 Å². The van der Waals surface area contributed by atoms with Crippen molar-refractivity contribution in [3.63, 3.8) is 0 Å². The lowest BCUT2D eigenvalue weighted by atomic mass is 9.95. The Hall–Kier alpha value is -5.25. The second-order valence-electron chi connectivity index (χ2n) is 8.81. The Bertz CT molecular complexity index is 1570. The number of amides is 2. The third-order valence-corrected chi connectivity index (χ3v) is 6.20. The SMILES string of the molecule is CCOC(=O)C1=C(COC(=O)c2cn(-c3ccccc3)nc2-c2ccc(F)cc2)NC(=O)N[C@@H]1c1ccccc1. The van der Waals surface area contributed by atoms with Gasteiger partial charge in [0, 0.05) is 11.8 Å². The summed E-state index contributed by atoms with van der Waals surface area (Å²) >= 11 is 0. The Balaban J connectivity index is 1.49. The normalized spacial score (nSPS) is 14.8. The Morgan fingerprint density at radius 1 is 0.925 bits per heavy atom. The second kappa shape index (κ2) is 11.6. The van der Waals surface area contributed by atoms with E-state index in [1.54, 1.807) is 31.2 Å². The van der Waals surface area contributed by atoms with Crippen molar-refractivity contribution in [3.05, 3.63) is 119 Å². The van der Waals surface area contributed by atoms with Gasteiger partial charge >= 0.3 is 18.0 Å². The molecule has 0 radical (unpaired) electrons. The fraction of sp³-hybridized carbons (Fsp3) is 0.133. The smallest absolute Gasteiger partial charge is 0.342 e. The van der Waals surface area contributed by atoms with Gasteiger partial charge in [-0.15, -0.1) is 0 Å². The molecule has 0 saturated heterocycles. The molecule has 0 unspecified atom stereocenters. The molecule has 0 aliphatic carbocycles.